The first-order valence-electron chi connectivity index (χ1n) is 8.36. The fourth-order valence-corrected chi connectivity index (χ4v) is 2.95. The van der Waals surface area contributed by atoms with E-state index in [9.17, 15) is 5.11 Å². The van der Waals surface area contributed by atoms with E-state index in [1.807, 2.05) is 19.1 Å². The van der Waals surface area contributed by atoms with Gasteiger partial charge in [-0.2, -0.15) is 0 Å². The molecule has 1 aliphatic rings. The van der Waals surface area contributed by atoms with Gasteiger partial charge in [0.25, 0.3) is 0 Å². The molecule has 0 amide bonds. The minimum absolute atomic E-state index is 0.0373. The second-order valence-electron chi connectivity index (χ2n) is 7.56. The van der Waals surface area contributed by atoms with Gasteiger partial charge >= 0.3 is 0 Å². The topological polar surface area (TPSA) is 57.2 Å². The van der Waals surface area contributed by atoms with Crippen molar-refractivity contribution < 1.29 is 24.1 Å². The summed E-state index contributed by atoms with van der Waals surface area (Å²) in [5.74, 6) is -0.424. The van der Waals surface area contributed by atoms with E-state index < -0.39 is 11.4 Å². The fraction of sp³-hybridized carbons (Fsp3) is 0.684. The molecule has 1 heterocycles. The SMILES string of the molecule is COCC(CCC1(C)OCC(C)(C)CO1)(OC)c1cccc(O)c1. The highest BCUT2D eigenvalue weighted by atomic mass is 16.7. The maximum atomic E-state index is 9.82. The third kappa shape index (κ3) is 4.48. The van der Waals surface area contributed by atoms with Crippen molar-refractivity contribution in [1.29, 1.82) is 0 Å². The lowest BCUT2D eigenvalue weighted by Crippen LogP contribution is -2.47. The van der Waals surface area contributed by atoms with Gasteiger partial charge in [-0.25, -0.2) is 0 Å². The Morgan fingerprint density at radius 2 is 1.83 bits per heavy atom. The zero-order valence-electron chi connectivity index (χ0n) is 15.4. The summed E-state index contributed by atoms with van der Waals surface area (Å²) in [7, 11) is 3.31. The molecule has 0 aromatic heterocycles. The zero-order chi connectivity index (χ0) is 17.8. The van der Waals surface area contributed by atoms with Crippen molar-refractivity contribution >= 4 is 0 Å². The van der Waals surface area contributed by atoms with Crippen molar-refractivity contribution in [1.82, 2.24) is 0 Å². The molecule has 2 rings (SSSR count). The normalized spacial score (nSPS) is 22.0. The van der Waals surface area contributed by atoms with Crippen LogP contribution in [0.1, 0.15) is 39.2 Å². The standard InChI is InChI=1S/C19H30O5/c1-17(2)12-23-18(3,24-13-17)9-10-19(22-5,14-21-4)15-7-6-8-16(20)11-15/h6-8,11,20H,9-10,12-14H2,1-5H3. The lowest BCUT2D eigenvalue weighted by molar-refractivity contribution is -0.296. The van der Waals surface area contributed by atoms with Crippen molar-refractivity contribution in [2.75, 3.05) is 34.0 Å². The van der Waals surface area contributed by atoms with E-state index in [2.05, 4.69) is 13.8 Å². The average molecular weight is 338 g/mol. The van der Waals surface area contributed by atoms with Gasteiger partial charge in [-0.15, -0.1) is 0 Å². The molecule has 0 bridgehead atoms. The Bertz CT molecular complexity index is 532. The first-order chi connectivity index (χ1) is 11.2. The number of phenolic OH excluding ortho intramolecular Hbond substituents is 1. The highest BCUT2D eigenvalue weighted by Crippen LogP contribution is 2.38. The maximum Gasteiger partial charge on any atom is 0.165 e. The minimum atomic E-state index is -0.657. The Kier molecular flexibility index (Phi) is 5.91. The van der Waals surface area contributed by atoms with E-state index in [-0.39, 0.29) is 11.2 Å². The Morgan fingerprint density at radius 3 is 2.38 bits per heavy atom. The summed E-state index contributed by atoms with van der Waals surface area (Å²) < 4.78 is 23.2. The molecule has 1 fully saturated rings. The predicted octanol–water partition coefficient (Wildman–Crippen LogP) is 3.45. The number of aromatic hydroxyl groups is 1. The van der Waals surface area contributed by atoms with Gasteiger partial charge in [0.1, 0.15) is 11.4 Å². The number of phenols is 1. The highest BCUT2D eigenvalue weighted by molar-refractivity contribution is 5.31. The molecule has 24 heavy (non-hydrogen) atoms. The van der Waals surface area contributed by atoms with Crippen LogP contribution in [0, 0.1) is 5.41 Å². The molecule has 1 aromatic rings. The molecule has 0 saturated carbocycles. The van der Waals surface area contributed by atoms with Crippen LogP contribution in [0.5, 0.6) is 5.75 Å². The lowest BCUT2D eigenvalue weighted by Gasteiger charge is -2.43. The maximum absolute atomic E-state index is 9.82. The molecule has 1 saturated heterocycles. The number of hydrogen-bond acceptors (Lipinski definition) is 5. The van der Waals surface area contributed by atoms with Gasteiger partial charge in [-0.05, 0) is 31.0 Å². The molecule has 1 aliphatic heterocycles. The summed E-state index contributed by atoms with van der Waals surface area (Å²) in [6, 6.07) is 7.12. The molecule has 1 atom stereocenters. The number of ether oxygens (including phenoxy) is 4. The highest BCUT2D eigenvalue weighted by Gasteiger charge is 2.41. The zero-order valence-corrected chi connectivity index (χ0v) is 15.4. The van der Waals surface area contributed by atoms with Crippen LogP contribution in [0.15, 0.2) is 24.3 Å². The monoisotopic (exact) mass is 338 g/mol. The fourth-order valence-electron chi connectivity index (χ4n) is 2.95. The largest absolute Gasteiger partial charge is 0.508 e. The smallest absolute Gasteiger partial charge is 0.165 e. The van der Waals surface area contributed by atoms with Crippen LogP contribution in [0.3, 0.4) is 0 Å². The second-order valence-corrected chi connectivity index (χ2v) is 7.56. The van der Waals surface area contributed by atoms with Gasteiger partial charge < -0.3 is 24.1 Å². The summed E-state index contributed by atoms with van der Waals surface area (Å²) >= 11 is 0. The quantitative estimate of drug-likeness (QED) is 0.825. The van der Waals surface area contributed by atoms with Gasteiger partial charge in [0.15, 0.2) is 5.79 Å². The summed E-state index contributed by atoms with van der Waals surface area (Å²) in [4.78, 5) is 0. The molecule has 5 heteroatoms. The molecule has 0 spiro atoms. The first kappa shape index (κ1) is 19.2. The molecular formula is C19H30O5. The van der Waals surface area contributed by atoms with Crippen molar-refractivity contribution in [3.05, 3.63) is 29.8 Å². The molecule has 1 aromatic carbocycles. The molecular weight excluding hydrogens is 308 g/mol. The van der Waals surface area contributed by atoms with Crippen molar-refractivity contribution in [3.63, 3.8) is 0 Å². The van der Waals surface area contributed by atoms with Gasteiger partial charge in [-0.3, -0.25) is 0 Å². The van der Waals surface area contributed by atoms with Crippen LogP contribution >= 0.6 is 0 Å². The minimum Gasteiger partial charge on any atom is -0.508 e. The molecule has 0 radical (unpaired) electrons. The summed E-state index contributed by atoms with van der Waals surface area (Å²) in [5, 5.41) is 9.82. The lowest BCUT2D eigenvalue weighted by atomic mass is 9.87. The Hall–Kier alpha value is -1.14. The van der Waals surface area contributed by atoms with Crippen molar-refractivity contribution in [2.24, 2.45) is 5.41 Å². The third-order valence-corrected chi connectivity index (χ3v) is 4.66. The van der Waals surface area contributed by atoms with Crippen LogP contribution in [0.2, 0.25) is 0 Å². The Morgan fingerprint density at radius 1 is 1.17 bits per heavy atom. The number of benzene rings is 1. The number of methoxy groups -OCH3 is 2. The second kappa shape index (κ2) is 7.40. The van der Waals surface area contributed by atoms with Gasteiger partial charge in [0.05, 0.1) is 19.8 Å². The van der Waals surface area contributed by atoms with Crippen molar-refractivity contribution in [3.8, 4) is 5.75 Å². The molecule has 0 aliphatic carbocycles. The molecule has 1 unspecified atom stereocenters. The van der Waals surface area contributed by atoms with E-state index in [4.69, 9.17) is 18.9 Å². The molecule has 5 nitrogen and oxygen atoms in total. The van der Waals surface area contributed by atoms with Crippen LogP contribution in [-0.2, 0) is 24.5 Å². The van der Waals surface area contributed by atoms with Crippen LogP contribution in [0.4, 0.5) is 0 Å². The number of rotatable bonds is 7. The van der Waals surface area contributed by atoms with Gasteiger partial charge in [0, 0.05) is 26.1 Å². The van der Waals surface area contributed by atoms with Crippen LogP contribution < -0.4 is 0 Å². The van der Waals surface area contributed by atoms with Crippen molar-refractivity contribution in [2.45, 2.75) is 45.0 Å². The summed E-state index contributed by atoms with van der Waals surface area (Å²) in [5.41, 5.74) is 0.262. The third-order valence-electron chi connectivity index (χ3n) is 4.66. The predicted molar refractivity (Wildman–Crippen MR) is 92.0 cm³/mol. The Balaban J connectivity index is 2.15. The van der Waals surface area contributed by atoms with Gasteiger partial charge in [-0.1, -0.05) is 26.0 Å². The first-order valence-corrected chi connectivity index (χ1v) is 8.36. The Labute approximate surface area is 144 Å². The molecule has 1 N–H and O–H groups in total. The van der Waals surface area contributed by atoms with E-state index >= 15 is 0 Å². The number of hydrogen-bond donors (Lipinski definition) is 1. The van der Waals surface area contributed by atoms with E-state index in [1.165, 1.54) is 0 Å². The summed E-state index contributed by atoms with van der Waals surface area (Å²) in [6.45, 7) is 7.94. The van der Waals surface area contributed by atoms with E-state index in [0.29, 0.717) is 32.7 Å². The summed E-state index contributed by atoms with van der Waals surface area (Å²) in [6.07, 6.45) is 1.31. The van der Waals surface area contributed by atoms with Gasteiger partial charge in [0.2, 0.25) is 0 Å². The average Bonchev–Trinajstić information content (AvgIpc) is 2.55. The molecule has 136 valence electrons. The van der Waals surface area contributed by atoms with E-state index in [1.54, 1.807) is 26.4 Å². The van der Waals surface area contributed by atoms with Crippen LogP contribution in [0.25, 0.3) is 0 Å². The van der Waals surface area contributed by atoms with E-state index in [0.717, 1.165) is 5.56 Å². The van der Waals surface area contributed by atoms with Crippen LogP contribution in [-0.4, -0.2) is 44.9 Å².